The van der Waals surface area contributed by atoms with E-state index in [2.05, 4.69) is 14.5 Å². The molecule has 0 aromatic carbocycles. The molecule has 0 atom stereocenters. The Labute approximate surface area is 123 Å². The van der Waals surface area contributed by atoms with Crippen molar-refractivity contribution in [1.82, 2.24) is 4.98 Å². The van der Waals surface area contributed by atoms with E-state index in [-0.39, 0.29) is 9.13 Å². The minimum Gasteiger partial charge on any atom is -0.469 e. The maximum atomic E-state index is 12.2. The highest BCUT2D eigenvalue weighted by Crippen LogP contribution is 2.32. The Balaban J connectivity index is 3.33. The van der Waals surface area contributed by atoms with Crippen molar-refractivity contribution < 1.29 is 32.4 Å². The lowest BCUT2D eigenvalue weighted by Gasteiger charge is -2.12. The molecule has 0 spiro atoms. The number of hydrogen-bond acceptors (Lipinski definition) is 6. The summed E-state index contributed by atoms with van der Waals surface area (Å²) in [6.45, 7) is 0. The average Bonchev–Trinajstić information content (AvgIpc) is 2.31. The molecule has 7 nitrogen and oxygen atoms in total. The normalized spacial score (nSPS) is 11.1. The number of esters is 1. The van der Waals surface area contributed by atoms with Gasteiger partial charge in [0.15, 0.2) is 0 Å². The molecule has 0 saturated carbocycles. The number of ether oxygens (including phenoxy) is 2. The fourth-order valence-corrected chi connectivity index (χ4v) is 1.96. The number of nitrogens with zero attached hydrogens (tertiary/aromatic N) is 2. The second-order valence-corrected chi connectivity index (χ2v) is 4.38. The van der Waals surface area contributed by atoms with Crippen LogP contribution in [0.15, 0.2) is 6.20 Å². The number of rotatable bonds is 4. The number of halogens is 4. The summed E-state index contributed by atoms with van der Waals surface area (Å²) >= 11 is 1.45. The fourth-order valence-electron chi connectivity index (χ4n) is 1.20. The summed E-state index contributed by atoms with van der Waals surface area (Å²) in [7, 11) is 1.03. The predicted octanol–water partition coefficient (Wildman–Crippen LogP) is 2.21. The molecule has 1 aromatic rings. The molecule has 1 rings (SSSR count). The second kappa shape index (κ2) is 6.19. The van der Waals surface area contributed by atoms with Crippen molar-refractivity contribution in [2.75, 3.05) is 7.11 Å². The number of aromatic nitrogens is 1. The second-order valence-electron chi connectivity index (χ2n) is 3.30. The number of carbonyl (C=O) groups is 1. The van der Waals surface area contributed by atoms with Gasteiger partial charge in [0.05, 0.1) is 18.5 Å². The van der Waals surface area contributed by atoms with Crippen LogP contribution in [0.2, 0.25) is 0 Å². The molecule has 11 heteroatoms. The lowest BCUT2D eigenvalue weighted by molar-refractivity contribution is -0.386. The number of alkyl halides is 3. The van der Waals surface area contributed by atoms with Gasteiger partial charge in [0.25, 0.3) is 0 Å². The standard InChI is InChI=1S/C9H6F3IN2O5/c1-19-6(16)2-4-7(13)5(15(17)18)3-14-8(4)20-9(10,11)12/h3H,2H2,1H3. The van der Waals surface area contributed by atoms with Crippen LogP contribution >= 0.6 is 22.6 Å². The van der Waals surface area contributed by atoms with Crippen molar-refractivity contribution >= 4 is 34.2 Å². The van der Waals surface area contributed by atoms with E-state index in [1.165, 1.54) is 22.6 Å². The topological polar surface area (TPSA) is 91.6 Å². The van der Waals surface area contributed by atoms with Gasteiger partial charge in [-0.1, -0.05) is 0 Å². The van der Waals surface area contributed by atoms with Crippen LogP contribution in [-0.4, -0.2) is 29.3 Å². The van der Waals surface area contributed by atoms with Crippen molar-refractivity contribution in [2.45, 2.75) is 12.8 Å². The van der Waals surface area contributed by atoms with E-state index >= 15 is 0 Å². The Morgan fingerprint density at radius 2 is 2.15 bits per heavy atom. The molecule has 0 fully saturated rings. The summed E-state index contributed by atoms with van der Waals surface area (Å²) in [4.78, 5) is 24.3. The molecule has 0 N–H and O–H groups in total. The van der Waals surface area contributed by atoms with Crippen molar-refractivity contribution in [3.63, 3.8) is 0 Å². The number of carbonyl (C=O) groups excluding carboxylic acids is 1. The van der Waals surface area contributed by atoms with E-state index in [0.717, 1.165) is 7.11 Å². The summed E-state index contributed by atoms with van der Waals surface area (Å²) in [5, 5.41) is 10.7. The lowest BCUT2D eigenvalue weighted by Crippen LogP contribution is -2.20. The Hall–Kier alpha value is -1.66. The van der Waals surface area contributed by atoms with Crippen LogP contribution in [0.3, 0.4) is 0 Å². The fraction of sp³-hybridized carbons (Fsp3) is 0.333. The minimum absolute atomic E-state index is 0.174. The van der Waals surface area contributed by atoms with Gasteiger partial charge in [-0.25, -0.2) is 4.98 Å². The molecule has 0 aliphatic heterocycles. The molecule has 0 radical (unpaired) electrons. The third-order valence-corrected chi connectivity index (χ3v) is 3.21. The molecule has 1 aromatic heterocycles. The monoisotopic (exact) mass is 406 g/mol. The van der Waals surface area contributed by atoms with Crippen LogP contribution in [0.1, 0.15) is 5.56 Å². The first-order chi connectivity index (χ1) is 9.15. The third kappa shape index (κ3) is 4.18. The Morgan fingerprint density at radius 1 is 1.55 bits per heavy atom. The number of methoxy groups -OCH3 is 1. The van der Waals surface area contributed by atoms with Crippen LogP contribution < -0.4 is 4.74 Å². The quantitative estimate of drug-likeness (QED) is 0.330. The SMILES string of the molecule is COC(=O)Cc1c(OC(F)(F)F)ncc([N+](=O)[O-])c1I. The van der Waals surface area contributed by atoms with Crippen molar-refractivity contribution in [1.29, 1.82) is 0 Å². The molecule has 0 bridgehead atoms. The summed E-state index contributed by atoms with van der Waals surface area (Å²) in [5.74, 6) is -1.80. The van der Waals surface area contributed by atoms with Gasteiger partial charge < -0.3 is 9.47 Å². The van der Waals surface area contributed by atoms with E-state index in [0.29, 0.717) is 6.20 Å². The summed E-state index contributed by atoms with van der Waals surface area (Å²) in [5.41, 5.74) is -0.886. The van der Waals surface area contributed by atoms with Crippen LogP contribution in [0.4, 0.5) is 18.9 Å². The molecule has 1 heterocycles. The highest BCUT2D eigenvalue weighted by atomic mass is 127. The molecule has 0 saturated heterocycles. The first-order valence-corrected chi connectivity index (χ1v) is 5.88. The van der Waals surface area contributed by atoms with Gasteiger partial charge in [-0.05, 0) is 22.6 Å². The number of hydrogen-bond donors (Lipinski definition) is 0. The van der Waals surface area contributed by atoms with Gasteiger partial charge in [0.2, 0.25) is 5.88 Å². The van der Waals surface area contributed by atoms with E-state index in [9.17, 15) is 28.1 Å². The minimum atomic E-state index is -5.03. The predicted molar refractivity (Wildman–Crippen MR) is 66.0 cm³/mol. The van der Waals surface area contributed by atoms with Crippen LogP contribution in [0, 0.1) is 13.7 Å². The van der Waals surface area contributed by atoms with Gasteiger partial charge in [-0.3, -0.25) is 14.9 Å². The summed E-state index contributed by atoms with van der Waals surface area (Å²) in [6.07, 6.45) is -5.03. The largest absolute Gasteiger partial charge is 0.574 e. The summed E-state index contributed by atoms with van der Waals surface area (Å²) in [6, 6.07) is 0. The Kier molecular flexibility index (Phi) is 5.08. The van der Waals surface area contributed by atoms with Crippen molar-refractivity contribution in [3.05, 3.63) is 25.4 Å². The van der Waals surface area contributed by atoms with E-state index < -0.39 is 35.2 Å². The molecule has 0 aliphatic rings. The molecule has 0 unspecified atom stereocenters. The lowest BCUT2D eigenvalue weighted by atomic mass is 10.2. The van der Waals surface area contributed by atoms with E-state index in [4.69, 9.17) is 0 Å². The number of nitro groups is 1. The Bertz CT molecular complexity index is 549. The zero-order valence-corrected chi connectivity index (χ0v) is 11.9. The maximum Gasteiger partial charge on any atom is 0.574 e. The van der Waals surface area contributed by atoms with Crippen molar-refractivity contribution in [2.24, 2.45) is 0 Å². The first kappa shape index (κ1) is 16.4. The van der Waals surface area contributed by atoms with Crippen LogP contribution in [0.5, 0.6) is 5.88 Å². The zero-order chi connectivity index (χ0) is 15.5. The molecule has 110 valence electrons. The zero-order valence-electron chi connectivity index (χ0n) is 9.73. The molecule has 20 heavy (non-hydrogen) atoms. The van der Waals surface area contributed by atoms with E-state index in [1.807, 2.05) is 0 Å². The van der Waals surface area contributed by atoms with Gasteiger partial charge in [-0.15, -0.1) is 13.2 Å². The molecule has 0 amide bonds. The highest BCUT2D eigenvalue weighted by Gasteiger charge is 2.35. The molecular formula is C9H6F3IN2O5. The van der Waals surface area contributed by atoms with Gasteiger partial charge >= 0.3 is 18.0 Å². The van der Waals surface area contributed by atoms with Gasteiger partial charge in [-0.2, -0.15) is 0 Å². The highest BCUT2D eigenvalue weighted by molar-refractivity contribution is 14.1. The van der Waals surface area contributed by atoms with Crippen molar-refractivity contribution in [3.8, 4) is 5.88 Å². The molecule has 0 aliphatic carbocycles. The van der Waals surface area contributed by atoms with Gasteiger partial charge in [0, 0.05) is 5.56 Å². The smallest absolute Gasteiger partial charge is 0.469 e. The Morgan fingerprint density at radius 3 is 2.60 bits per heavy atom. The number of pyridine rings is 1. The van der Waals surface area contributed by atoms with Gasteiger partial charge in [0.1, 0.15) is 9.77 Å². The maximum absolute atomic E-state index is 12.2. The van der Waals surface area contributed by atoms with Crippen LogP contribution in [-0.2, 0) is 16.0 Å². The average molecular weight is 406 g/mol. The summed E-state index contributed by atoms with van der Waals surface area (Å²) < 4.78 is 44.4. The first-order valence-electron chi connectivity index (χ1n) is 4.80. The van der Waals surface area contributed by atoms with E-state index in [1.54, 1.807) is 0 Å². The van der Waals surface area contributed by atoms with Crippen LogP contribution in [0.25, 0.3) is 0 Å². The molecular weight excluding hydrogens is 400 g/mol. The third-order valence-electron chi connectivity index (χ3n) is 2.01.